The normalized spacial score (nSPS) is 14.1. The summed E-state index contributed by atoms with van der Waals surface area (Å²) in [5.74, 6) is -1.07. The van der Waals surface area contributed by atoms with Crippen LogP contribution in [0, 0.1) is 0 Å². The van der Waals surface area contributed by atoms with Gasteiger partial charge in [-0.05, 0) is 38.2 Å². The van der Waals surface area contributed by atoms with Gasteiger partial charge >= 0.3 is 0 Å². The molecule has 27 heavy (non-hydrogen) atoms. The summed E-state index contributed by atoms with van der Waals surface area (Å²) in [5.41, 5.74) is 1.52. The molecular weight excluding hydrogens is 364 g/mol. The van der Waals surface area contributed by atoms with Gasteiger partial charge in [0.2, 0.25) is 5.91 Å². The number of rotatable bonds is 5. The number of carbonyl (C=O) groups is 3. The molecule has 0 atom stereocenters. The van der Waals surface area contributed by atoms with E-state index in [4.69, 9.17) is 12.2 Å². The minimum absolute atomic E-state index is 0.00519. The number of carbonyl (C=O) groups excluding carboxylic acids is 3. The molecule has 1 aliphatic rings. The zero-order chi connectivity index (χ0) is 19.6. The number of para-hydroxylation sites is 1. The zero-order valence-electron chi connectivity index (χ0n) is 15.1. The Balaban J connectivity index is 2.01. The summed E-state index contributed by atoms with van der Waals surface area (Å²) >= 11 is 4.82. The molecule has 8 heteroatoms. The fourth-order valence-corrected chi connectivity index (χ4v) is 3.29. The van der Waals surface area contributed by atoms with E-state index in [1.807, 2.05) is 42.7 Å². The fourth-order valence-electron chi connectivity index (χ4n) is 3.10. The molecule has 2 N–H and O–H groups in total. The van der Waals surface area contributed by atoms with E-state index >= 15 is 0 Å². The first-order chi connectivity index (χ1) is 12.9. The maximum absolute atomic E-state index is 12.5. The lowest BCUT2D eigenvalue weighted by atomic mass is 10.1. The Morgan fingerprint density at radius 2 is 1.78 bits per heavy atom. The molecular formula is C19H20N4O3S. The second kappa shape index (κ2) is 7.71. The second-order valence-corrected chi connectivity index (χ2v) is 6.50. The third-order valence-corrected chi connectivity index (χ3v) is 4.69. The average Bonchev–Trinajstić information content (AvgIpc) is 2.97. The molecule has 0 aliphatic carbocycles. The number of hydrogen-bond acceptors (Lipinski definition) is 4. The van der Waals surface area contributed by atoms with Crippen molar-refractivity contribution >= 4 is 52.0 Å². The van der Waals surface area contributed by atoms with Gasteiger partial charge in [-0.2, -0.15) is 0 Å². The summed E-state index contributed by atoms with van der Waals surface area (Å²) in [7, 11) is 0. The maximum Gasteiger partial charge on any atom is 0.263 e. The van der Waals surface area contributed by atoms with Crippen LogP contribution in [0.4, 0.5) is 0 Å². The van der Waals surface area contributed by atoms with Crippen molar-refractivity contribution < 1.29 is 14.4 Å². The van der Waals surface area contributed by atoms with Crippen LogP contribution in [0.2, 0.25) is 0 Å². The Morgan fingerprint density at radius 1 is 1.15 bits per heavy atom. The Morgan fingerprint density at radius 3 is 2.41 bits per heavy atom. The number of nitrogens with zero attached hydrogens (tertiary/aromatic N) is 2. The molecule has 3 rings (SSSR count). The van der Waals surface area contributed by atoms with Crippen LogP contribution in [0.5, 0.6) is 0 Å². The van der Waals surface area contributed by atoms with Crippen LogP contribution in [0.25, 0.3) is 17.0 Å². The van der Waals surface area contributed by atoms with Gasteiger partial charge in [-0.15, -0.1) is 0 Å². The number of likely N-dealkylation sites (N-methyl/N-ethyl adjacent to an activating group) is 1. The highest BCUT2D eigenvalue weighted by molar-refractivity contribution is 7.80. The van der Waals surface area contributed by atoms with Gasteiger partial charge in [-0.3, -0.25) is 25.0 Å². The van der Waals surface area contributed by atoms with E-state index in [0.717, 1.165) is 10.9 Å². The molecule has 0 spiro atoms. The Hall–Kier alpha value is -3.00. The van der Waals surface area contributed by atoms with Crippen molar-refractivity contribution in [1.29, 1.82) is 0 Å². The molecule has 1 aliphatic heterocycles. The van der Waals surface area contributed by atoms with Gasteiger partial charge in [-0.1, -0.05) is 18.2 Å². The summed E-state index contributed by atoms with van der Waals surface area (Å²) in [5, 5.41) is 5.69. The summed E-state index contributed by atoms with van der Waals surface area (Å²) < 4.78 is 1.84. The van der Waals surface area contributed by atoms with Crippen LogP contribution in [-0.2, 0) is 20.9 Å². The van der Waals surface area contributed by atoms with Gasteiger partial charge in [0.05, 0.1) is 0 Å². The number of nitrogens with one attached hydrogen (secondary N) is 2. The molecule has 0 bridgehead atoms. The van der Waals surface area contributed by atoms with Crippen LogP contribution >= 0.6 is 12.2 Å². The molecule has 2 aromatic rings. The maximum atomic E-state index is 12.5. The standard InChI is InChI=1S/C19H20N4O3S/c1-3-22(4-2)16(24)11-23-10-12(13-7-5-6-8-15(13)23)9-14-17(25)20-19(27)21-18(14)26/h5-10H,3-4,11H2,1-2H3,(H2,20,21,25,26,27). The van der Waals surface area contributed by atoms with Crippen molar-refractivity contribution in [2.24, 2.45) is 0 Å². The summed E-state index contributed by atoms with van der Waals surface area (Å²) in [6.45, 7) is 5.36. The van der Waals surface area contributed by atoms with Crippen molar-refractivity contribution in [1.82, 2.24) is 20.1 Å². The van der Waals surface area contributed by atoms with E-state index in [0.29, 0.717) is 18.7 Å². The Bertz CT molecular complexity index is 950. The highest BCUT2D eigenvalue weighted by Crippen LogP contribution is 2.24. The predicted molar refractivity (Wildman–Crippen MR) is 107 cm³/mol. The first-order valence-corrected chi connectivity index (χ1v) is 9.09. The third-order valence-electron chi connectivity index (χ3n) is 4.48. The first-order valence-electron chi connectivity index (χ1n) is 8.68. The lowest BCUT2D eigenvalue weighted by molar-refractivity contribution is -0.131. The van der Waals surface area contributed by atoms with Gasteiger partial charge in [0.15, 0.2) is 5.11 Å². The van der Waals surface area contributed by atoms with Crippen molar-refractivity contribution in [3.8, 4) is 0 Å². The summed E-state index contributed by atoms with van der Waals surface area (Å²) in [6.07, 6.45) is 3.31. The SMILES string of the molecule is CCN(CC)C(=O)Cn1cc(C=C2C(=O)NC(=S)NC2=O)c2ccccc21. The smallest absolute Gasteiger partial charge is 0.263 e. The highest BCUT2D eigenvalue weighted by atomic mass is 32.1. The first kappa shape index (κ1) is 18.8. The third kappa shape index (κ3) is 3.75. The van der Waals surface area contributed by atoms with Crippen LogP contribution < -0.4 is 10.6 Å². The lowest BCUT2D eigenvalue weighted by Gasteiger charge is -2.19. The van der Waals surface area contributed by atoms with Gasteiger partial charge in [0.25, 0.3) is 11.8 Å². The van der Waals surface area contributed by atoms with Crippen LogP contribution in [0.3, 0.4) is 0 Å². The molecule has 3 amide bonds. The van der Waals surface area contributed by atoms with E-state index in [-0.39, 0.29) is 23.1 Å². The predicted octanol–water partition coefficient (Wildman–Crippen LogP) is 1.42. The molecule has 0 radical (unpaired) electrons. The molecule has 0 saturated carbocycles. The minimum atomic E-state index is -0.542. The molecule has 1 aromatic heterocycles. The van der Waals surface area contributed by atoms with Gasteiger partial charge in [-0.25, -0.2) is 0 Å². The van der Waals surface area contributed by atoms with Crippen LogP contribution in [0.15, 0.2) is 36.0 Å². The van der Waals surface area contributed by atoms with Crippen LogP contribution in [-0.4, -0.2) is 45.4 Å². The zero-order valence-corrected chi connectivity index (χ0v) is 15.9. The van der Waals surface area contributed by atoms with E-state index in [2.05, 4.69) is 10.6 Å². The van der Waals surface area contributed by atoms with Gasteiger partial charge in [0.1, 0.15) is 12.1 Å². The molecule has 7 nitrogen and oxygen atoms in total. The van der Waals surface area contributed by atoms with Crippen molar-refractivity contribution in [3.05, 3.63) is 41.6 Å². The van der Waals surface area contributed by atoms with Gasteiger partial charge < -0.3 is 9.47 Å². The van der Waals surface area contributed by atoms with Crippen LogP contribution in [0.1, 0.15) is 19.4 Å². The summed E-state index contributed by atoms with van der Waals surface area (Å²) in [6, 6.07) is 7.56. The molecule has 1 saturated heterocycles. The molecule has 0 unspecified atom stereocenters. The number of hydrogen-bond donors (Lipinski definition) is 2. The largest absolute Gasteiger partial charge is 0.342 e. The monoisotopic (exact) mass is 384 g/mol. The summed E-state index contributed by atoms with van der Waals surface area (Å²) in [4.78, 5) is 38.5. The van der Waals surface area contributed by atoms with E-state index < -0.39 is 11.8 Å². The number of amides is 3. The highest BCUT2D eigenvalue weighted by Gasteiger charge is 2.26. The quantitative estimate of drug-likeness (QED) is 0.464. The lowest BCUT2D eigenvalue weighted by Crippen LogP contribution is -2.51. The molecule has 1 fully saturated rings. The fraction of sp³-hybridized carbons (Fsp3) is 0.263. The second-order valence-electron chi connectivity index (χ2n) is 6.09. The number of benzene rings is 1. The van der Waals surface area contributed by atoms with Gasteiger partial charge in [0, 0.05) is 35.8 Å². The number of fused-ring (bicyclic) bond motifs is 1. The van der Waals surface area contributed by atoms with Crippen molar-refractivity contribution in [3.63, 3.8) is 0 Å². The number of thiocarbonyl (C=S) groups is 1. The molecule has 1 aromatic carbocycles. The molecule has 2 heterocycles. The number of aromatic nitrogens is 1. The van der Waals surface area contributed by atoms with E-state index in [9.17, 15) is 14.4 Å². The van der Waals surface area contributed by atoms with E-state index in [1.165, 1.54) is 6.08 Å². The average molecular weight is 384 g/mol. The molecule has 140 valence electrons. The van der Waals surface area contributed by atoms with E-state index in [1.54, 1.807) is 11.1 Å². The van der Waals surface area contributed by atoms with Crippen molar-refractivity contribution in [2.75, 3.05) is 13.1 Å². The minimum Gasteiger partial charge on any atom is -0.342 e. The van der Waals surface area contributed by atoms with Crippen molar-refractivity contribution in [2.45, 2.75) is 20.4 Å². The Kier molecular flexibility index (Phi) is 5.36. The Labute approximate surface area is 162 Å². The topological polar surface area (TPSA) is 83.4 Å².